The molecule has 0 aromatic heterocycles. The molecule has 0 saturated carbocycles. The number of carbonyl (C=O) groups is 1. The maximum absolute atomic E-state index is 12.7. The first-order valence-corrected chi connectivity index (χ1v) is 7.22. The zero-order valence-corrected chi connectivity index (χ0v) is 12.8. The number of amides is 1. The molecule has 2 nitrogen and oxygen atoms in total. The Morgan fingerprint density at radius 3 is 2.38 bits per heavy atom. The Morgan fingerprint density at radius 1 is 1.19 bits per heavy atom. The van der Waals surface area contributed by atoms with E-state index in [-0.39, 0.29) is 11.9 Å². The van der Waals surface area contributed by atoms with Crippen LogP contribution in [0.25, 0.3) is 0 Å². The first-order valence-electron chi connectivity index (χ1n) is 6.85. The molecule has 0 saturated heterocycles. The molecule has 0 aliphatic heterocycles. The number of nitrogens with zero attached hydrogens (tertiary/aromatic N) is 1. The van der Waals surface area contributed by atoms with Crippen LogP contribution in [-0.2, 0) is 6.54 Å². The smallest absolute Gasteiger partial charge is 0.254 e. The summed E-state index contributed by atoms with van der Waals surface area (Å²) in [5, 5.41) is 0.623. The average Bonchev–Trinajstić information content (AvgIpc) is 2.53. The number of hydrogen-bond acceptors (Lipinski definition) is 1. The van der Waals surface area contributed by atoms with Gasteiger partial charge < -0.3 is 4.90 Å². The van der Waals surface area contributed by atoms with Crippen molar-refractivity contribution < 1.29 is 4.79 Å². The summed E-state index contributed by atoms with van der Waals surface area (Å²) in [7, 11) is 0. The minimum Gasteiger partial charge on any atom is -0.328 e. The fourth-order valence-corrected chi connectivity index (χ4v) is 2.19. The molecule has 2 aromatic carbocycles. The molecule has 2 rings (SSSR count). The van der Waals surface area contributed by atoms with Crippen molar-refractivity contribution in [2.45, 2.75) is 19.5 Å². The van der Waals surface area contributed by atoms with Gasteiger partial charge in [-0.2, -0.15) is 0 Å². The normalized spacial score (nSPS) is 11.7. The lowest BCUT2D eigenvalue weighted by Gasteiger charge is -2.27. The van der Waals surface area contributed by atoms with Gasteiger partial charge in [-0.05, 0) is 36.8 Å². The highest BCUT2D eigenvalue weighted by Crippen LogP contribution is 2.16. The van der Waals surface area contributed by atoms with E-state index in [4.69, 9.17) is 11.6 Å². The molecule has 2 aromatic rings. The van der Waals surface area contributed by atoms with Gasteiger partial charge in [0, 0.05) is 23.2 Å². The predicted molar refractivity (Wildman–Crippen MR) is 87.4 cm³/mol. The first kappa shape index (κ1) is 15.3. The van der Waals surface area contributed by atoms with E-state index in [0.717, 1.165) is 5.56 Å². The molecule has 3 heteroatoms. The molecule has 0 spiro atoms. The monoisotopic (exact) mass is 299 g/mol. The average molecular weight is 300 g/mol. The Kier molecular flexibility index (Phi) is 5.18. The van der Waals surface area contributed by atoms with Gasteiger partial charge in [-0.1, -0.05) is 48.0 Å². The fraction of sp³-hybridized carbons (Fsp3) is 0.167. The second kappa shape index (κ2) is 7.09. The lowest BCUT2D eigenvalue weighted by Crippen LogP contribution is -2.36. The molecule has 21 heavy (non-hydrogen) atoms. The van der Waals surface area contributed by atoms with Crippen LogP contribution in [-0.4, -0.2) is 16.8 Å². The van der Waals surface area contributed by atoms with E-state index in [9.17, 15) is 4.79 Å². The molecule has 108 valence electrons. The zero-order chi connectivity index (χ0) is 15.2. The third-order valence-electron chi connectivity index (χ3n) is 3.38. The van der Waals surface area contributed by atoms with E-state index in [2.05, 4.69) is 6.58 Å². The van der Waals surface area contributed by atoms with Crippen LogP contribution in [0.3, 0.4) is 0 Å². The largest absolute Gasteiger partial charge is 0.328 e. The summed E-state index contributed by atoms with van der Waals surface area (Å²) < 4.78 is 0. The molecule has 0 radical (unpaired) electrons. The molecule has 1 unspecified atom stereocenters. The van der Waals surface area contributed by atoms with Crippen molar-refractivity contribution in [2.75, 3.05) is 0 Å². The Hall–Kier alpha value is -2.06. The predicted octanol–water partition coefficient (Wildman–Crippen LogP) is 4.56. The van der Waals surface area contributed by atoms with Crippen molar-refractivity contribution in [1.82, 2.24) is 4.90 Å². The molecular weight excluding hydrogens is 282 g/mol. The fourth-order valence-electron chi connectivity index (χ4n) is 2.07. The van der Waals surface area contributed by atoms with E-state index in [1.807, 2.05) is 37.3 Å². The molecule has 0 heterocycles. The van der Waals surface area contributed by atoms with Crippen LogP contribution in [0.4, 0.5) is 0 Å². The number of rotatable bonds is 5. The van der Waals surface area contributed by atoms with Gasteiger partial charge in [0.1, 0.15) is 0 Å². The Labute approximate surface area is 130 Å². The van der Waals surface area contributed by atoms with Gasteiger partial charge in [-0.15, -0.1) is 6.58 Å². The Balaban J connectivity index is 2.25. The number of carbonyl (C=O) groups excluding carboxylic acids is 1. The van der Waals surface area contributed by atoms with Gasteiger partial charge in [0.25, 0.3) is 5.91 Å². The topological polar surface area (TPSA) is 20.3 Å². The molecule has 0 aliphatic carbocycles. The van der Waals surface area contributed by atoms with Crippen molar-refractivity contribution in [3.05, 3.63) is 83.4 Å². The maximum Gasteiger partial charge on any atom is 0.254 e. The SMILES string of the molecule is C=CC(C)N(Cc1ccccc1)C(=O)c1ccc(Cl)cc1. The Morgan fingerprint density at radius 2 is 1.81 bits per heavy atom. The van der Waals surface area contributed by atoms with Gasteiger partial charge >= 0.3 is 0 Å². The first-order chi connectivity index (χ1) is 10.1. The standard InChI is InChI=1S/C18H18ClNO/c1-3-14(2)20(13-15-7-5-4-6-8-15)18(21)16-9-11-17(19)12-10-16/h3-12,14H,1,13H2,2H3. The molecular formula is C18H18ClNO. The molecule has 0 fully saturated rings. The van der Waals surface area contributed by atoms with Crippen molar-refractivity contribution in [3.63, 3.8) is 0 Å². The summed E-state index contributed by atoms with van der Waals surface area (Å²) in [4.78, 5) is 14.5. The van der Waals surface area contributed by atoms with E-state index >= 15 is 0 Å². The molecule has 0 bridgehead atoms. The second-order valence-electron chi connectivity index (χ2n) is 4.90. The second-order valence-corrected chi connectivity index (χ2v) is 5.34. The van der Waals surface area contributed by atoms with E-state index < -0.39 is 0 Å². The molecule has 0 aliphatic rings. The molecule has 1 amide bonds. The van der Waals surface area contributed by atoms with Crippen molar-refractivity contribution in [3.8, 4) is 0 Å². The third kappa shape index (κ3) is 3.96. The molecule has 0 N–H and O–H groups in total. The quantitative estimate of drug-likeness (QED) is 0.741. The van der Waals surface area contributed by atoms with E-state index in [1.165, 1.54) is 0 Å². The van der Waals surface area contributed by atoms with E-state index in [0.29, 0.717) is 17.1 Å². The summed E-state index contributed by atoms with van der Waals surface area (Å²) in [5.74, 6) is -0.0251. The van der Waals surface area contributed by atoms with Crippen LogP contribution in [0, 0.1) is 0 Å². The van der Waals surface area contributed by atoms with Crippen LogP contribution < -0.4 is 0 Å². The van der Waals surface area contributed by atoms with Gasteiger partial charge in [0.2, 0.25) is 0 Å². The summed E-state index contributed by atoms with van der Waals surface area (Å²) in [6, 6.07) is 16.8. The van der Waals surface area contributed by atoms with Gasteiger partial charge in [0.05, 0.1) is 0 Å². The summed E-state index contributed by atoms with van der Waals surface area (Å²) in [6.45, 7) is 6.31. The van der Waals surface area contributed by atoms with Crippen LogP contribution in [0.5, 0.6) is 0 Å². The number of hydrogen-bond donors (Lipinski definition) is 0. The number of benzene rings is 2. The maximum atomic E-state index is 12.7. The van der Waals surface area contributed by atoms with Gasteiger partial charge in [-0.25, -0.2) is 0 Å². The highest BCUT2D eigenvalue weighted by molar-refractivity contribution is 6.30. The Bertz CT molecular complexity index is 607. The third-order valence-corrected chi connectivity index (χ3v) is 3.63. The van der Waals surface area contributed by atoms with Crippen molar-refractivity contribution in [2.24, 2.45) is 0 Å². The van der Waals surface area contributed by atoms with Gasteiger partial charge in [0.15, 0.2) is 0 Å². The molecule has 1 atom stereocenters. The van der Waals surface area contributed by atoms with Crippen molar-refractivity contribution in [1.29, 1.82) is 0 Å². The zero-order valence-electron chi connectivity index (χ0n) is 12.0. The van der Waals surface area contributed by atoms with E-state index in [1.54, 1.807) is 35.2 Å². The minimum atomic E-state index is -0.0478. The van der Waals surface area contributed by atoms with Crippen LogP contribution in [0.2, 0.25) is 5.02 Å². The van der Waals surface area contributed by atoms with Crippen LogP contribution in [0.1, 0.15) is 22.8 Å². The van der Waals surface area contributed by atoms with Gasteiger partial charge in [-0.3, -0.25) is 4.79 Å². The highest BCUT2D eigenvalue weighted by atomic mass is 35.5. The van der Waals surface area contributed by atoms with Crippen molar-refractivity contribution >= 4 is 17.5 Å². The number of halogens is 1. The van der Waals surface area contributed by atoms with Crippen LogP contribution in [0.15, 0.2) is 67.3 Å². The van der Waals surface area contributed by atoms with Crippen LogP contribution >= 0.6 is 11.6 Å². The lowest BCUT2D eigenvalue weighted by molar-refractivity contribution is 0.0710. The summed E-state index contributed by atoms with van der Waals surface area (Å²) in [6.07, 6.45) is 1.77. The highest BCUT2D eigenvalue weighted by Gasteiger charge is 2.19. The summed E-state index contributed by atoms with van der Waals surface area (Å²) >= 11 is 5.87. The lowest BCUT2D eigenvalue weighted by atomic mass is 10.1. The summed E-state index contributed by atoms with van der Waals surface area (Å²) in [5.41, 5.74) is 1.72. The minimum absolute atomic E-state index is 0.0251.